The fourth-order valence-electron chi connectivity index (χ4n) is 3.60. The summed E-state index contributed by atoms with van der Waals surface area (Å²) in [6.45, 7) is 5.74. The van der Waals surface area contributed by atoms with Gasteiger partial charge in [0.05, 0.1) is 28.4 Å². The summed E-state index contributed by atoms with van der Waals surface area (Å²) in [4.78, 5) is 4.91. The predicted octanol–water partition coefficient (Wildman–Crippen LogP) is 3.04. The van der Waals surface area contributed by atoms with Crippen LogP contribution in [-0.2, 0) is 13.1 Å². The van der Waals surface area contributed by atoms with Crippen molar-refractivity contribution in [1.82, 2.24) is 9.80 Å². The standard InChI is InChI=1S/C22H30N2O4/c1-25-19-5-7-21(27-3)17(13-19)15-23-9-11-24(12-10-23)16-18-14-20(26-2)6-8-22(18)28-4/h5-8,13-14H,9-12,15-16H2,1-4H3. The number of hydrogen-bond donors (Lipinski definition) is 0. The van der Waals surface area contributed by atoms with E-state index >= 15 is 0 Å². The first-order chi connectivity index (χ1) is 13.7. The molecule has 1 saturated heterocycles. The molecule has 0 bridgehead atoms. The highest BCUT2D eigenvalue weighted by Crippen LogP contribution is 2.27. The third-order valence-corrected chi connectivity index (χ3v) is 5.23. The van der Waals surface area contributed by atoms with Crippen LogP contribution in [0.5, 0.6) is 23.0 Å². The van der Waals surface area contributed by atoms with Crippen LogP contribution in [0.1, 0.15) is 11.1 Å². The Morgan fingerprint density at radius 2 is 1.00 bits per heavy atom. The van der Waals surface area contributed by atoms with E-state index in [1.54, 1.807) is 28.4 Å². The molecule has 1 fully saturated rings. The van der Waals surface area contributed by atoms with E-state index in [4.69, 9.17) is 18.9 Å². The minimum atomic E-state index is 0.858. The average Bonchev–Trinajstić information content (AvgIpc) is 2.75. The van der Waals surface area contributed by atoms with Crippen molar-refractivity contribution in [3.63, 3.8) is 0 Å². The summed E-state index contributed by atoms with van der Waals surface area (Å²) < 4.78 is 21.8. The molecule has 1 aliphatic rings. The van der Waals surface area contributed by atoms with Crippen molar-refractivity contribution in [2.24, 2.45) is 0 Å². The molecule has 0 radical (unpaired) electrons. The van der Waals surface area contributed by atoms with Crippen LogP contribution in [-0.4, -0.2) is 64.4 Å². The Balaban J connectivity index is 1.60. The largest absolute Gasteiger partial charge is 0.497 e. The first kappa shape index (κ1) is 20.3. The van der Waals surface area contributed by atoms with Crippen molar-refractivity contribution in [2.45, 2.75) is 13.1 Å². The van der Waals surface area contributed by atoms with E-state index in [1.807, 2.05) is 24.3 Å². The van der Waals surface area contributed by atoms with Gasteiger partial charge in [0.25, 0.3) is 0 Å². The maximum atomic E-state index is 5.52. The number of hydrogen-bond acceptors (Lipinski definition) is 6. The Hall–Kier alpha value is -2.44. The lowest BCUT2D eigenvalue weighted by atomic mass is 10.1. The number of methoxy groups -OCH3 is 4. The molecule has 1 aliphatic heterocycles. The van der Waals surface area contributed by atoms with E-state index in [-0.39, 0.29) is 0 Å². The monoisotopic (exact) mass is 386 g/mol. The maximum absolute atomic E-state index is 5.52. The molecule has 0 atom stereocenters. The first-order valence-corrected chi connectivity index (χ1v) is 9.53. The second-order valence-electron chi connectivity index (χ2n) is 6.91. The molecule has 2 aromatic carbocycles. The highest BCUT2D eigenvalue weighted by atomic mass is 16.5. The number of piperazine rings is 1. The summed E-state index contributed by atoms with van der Waals surface area (Å²) in [6, 6.07) is 11.9. The molecule has 0 saturated carbocycles. The van der Waals surface area contributed by atoms with Crippen LogP contribution in [0.4, 0.5) is 0 Å². The quantitative estimate of drug-likeness (QED) is 0.695. The fourth-order valence-corrected chi connectivity index (χ4v) is 3.60. The van der Waals surface area contributed by atoms with E-state index in [1.165, 1.54) is 0 Å². The van der Waals surface area contributed by atoms with E-state index < -0.39 is 0 Å². The molecule has 1 heterocycles. The fraction of sp³-hybridized carbons (Fsp3) is 0.455. The van der Waals surface area contributed by atoms with Crippen molar-refractivity contribution in [2.75, 3.05) is 54.6 Å². The normalized spacial score (nSPS) is 15.3. The van der Waals surface area contributed by atoms with Crippen molar-refractivity contribution in [1.29, 1.82) is 0 Å². The van der Waals surface area contributed by atoms with Gasteiger partial charge in [-0.2, -0.15) is 0 Å². The maximum Gasteiger partial charge on any atom is 0.123 e. The second-order valence-corrected chi connectivity index (χ2v) is 6.91. The van der Waals surface area contributed by atoms with Crippen molar-refractivity contribution in [3.05, 3.63) is 47.5 Å². The number of ether oxygens (including phenoxy) is 4. The van der Waals surface area contributed by atoms with Gasteiger partial charge in [0, 0.05) is 50.4 Å². The Labute approximate surface area is 167 Å². The number of benzene rings is 2. The summed E-state index contributed by atoms with van der Waals surface area (Å²) in [5.41, 5.74) is 2.31. The minimum Gasteiger partial charge on any atom is -0.497 e. The number of nitrogens with zero attached hydrogens (tertiary/aromatic N) is 2. The number of rotatable bonds is 8. The zero-order valence-corrected chi connectivity index (χ0v) is 17.2. The summed E-state index contributed by atoms with van der Waals surface area (Å²) in [6.07, 6.45) is 0. The molecular weight excluding hydrogens is 356 g/mol. The molecule has 0 amide bonds. The van der Waals surface area contributed by atoms with Crippen LogP contribution >= 0.6 is 0 Å². The molecule has 2 aromatic rings. The predicted molar refractivity (Wildman–Crippen MR) is 110 cm³/mol. The van der Waals surface area contributed by atoms with Crippen LogP contribution in [0.3, 0.4) is 0 Å². The molecule has 0 aromatic heterocycles. The van der Waals surface area contributed by atoms with Gasteiger partial charge in [0.1, 0.15) is 23.0 Å². The Kier molecular flexibility index (Phi) is 7.01. The van der Waals surface area contributed by atoms with Gasteiger partial charge in [-0.3, -0.25) is 9.80 Å². The van der Waals surface area contributed by atoms with Gasteiger partial charge in [-0.25, -0.2) is 0 Å². The van der Waals surface area contributed by atoms with Gasteiger partial charge >= 0.3 is 0 Å². The third kappa shape index (κ3) is 4.88. The lowest BCUT2D eigenvalue weighted by molar-refractivity contribution is 0.120. The molecule has 6 heteroatoms. The van der Waals surface area contributed by atoms with Crippen LogP contribution in [0.25, 0.3) is 0 Å². The van der Waals surface area contributed by atoms with Crippen LogP contribution in [0.2, 0.25) is 0 Å². The van der Waals surface area contributed by atoms with Gasteiger partial charge in [0.15, 0.2) is 0 Å². The van der Waals surface area contributed by atoms with Gasteiger partial charge in [0.2, 0.25) is 0 Å². The van der Waals surface area contributed by atoms with E-state index in [2.05, 4.69) is 21.9 Å². The summed E-state index contributed by atoms with van der Waals surface area (Å²) >= 11 is 0. The highest BCUT2D eigenvalue weighted by Gasteiger charge is 2.20. The average molecular weight is 386 g/mol. The summed E-state index contributed by atoms with van der Waals surface area (Å²) in [5.74, 6) is 3.54. The Morgan fingerprint density at radius 1 is 0.607 bits per heavy atom. The lowest BCUT2D eigenvalue weighted by Gasteiger charge is -2.35. The van der Waals surface area contributed by atoms with Gasteiger partial charge in [-0.05, 0) is 36.4 Å². The van der Waals surface area contributed by atoms with E-state index in [0.717, 1.165) is 73.4 Å². The highest BCUT2D eigenvalue weighted by molar-refractivity contribution is 5.41. The topological polar surface area (TPSA) is 43.4 Å². The Morgan fingerprint density at radius 3 is 1.32 bits per heavy atom. The zero-order chi connectivity index (χ0) is 19.9. The molecular formula is C22H30N2O4. The van der Waals surface area contributed by atoms with Crippen molar-refractivity contribution >= 4 is 0 Å². The second kappa shape index (κ2) is 9.66. The van der Waals surface area contributed by atoms with Crippen LogP contribution in [0.15, 0.2) is 36.4 Å². The van der Waals surface area contributed by atoms with Crippen molar-refractivity contribution < 1.29 is 18.9 Å². The van der Waals surface area contributed by atoms with Crippen molar-refractivity contribution in [3.8, 4) is 23.0 Å². The SMILES string of the molecule is COc1ccc(OC)c(CN2CCN(Cc3cc(OC)ccc3OC)CC2)c1. The Bertz CT molecular complexity index is 708. The minimum absolute atomic E-state index is 0.858. The first-order valence-electron chi connectivity index (χ1n) is 9.53. The van der Waals surface area contributed by atoms with Gasteiger partial charge in [-0.1, -0.05) is 0 Å². The van der Waals surface area contributed by atoms with Crippen LogP contribution < -0.4 is 18.9 Å². The summed E-state index contributed by atoms with van der Waals surface area (Å²) in [7, 11) is 6.81. The molecule has 152 valence electrons. The smallest absolute Gasteiger partial charge is 0.123 e. The molecule has 0 spiro atoms. The van der Waals surface area contributed by atoms with Crippen LogP contribution in [0, 0.1) is 0 Å². The molecule has 6 nitrogen and oxygen atoms in total. The van der Waals surface area contributed by atoms with E-state index in [0.29, 0.717) is 0 Å². The van der Waals surface area contributed by atoms with Gasteiger partial charge < -0.3 is 18.9 Å². The zero-order valence-electron chi connectivity index (χ0n) is 17.2. The molecule has 0 unspecified atom stereocenters. The lowest BCUT2D eigenvalue weighted by Crippen LogP contribution is -2.45. The molecule has 28 heavy (non-hydrogen) atoms. The summed E-state index contributed by atoms with van der Waals surface area (Å²) in [5, 5.41) is 0. The molecule has 0 aliphatic carbocycles. The molecule has 0 N–H and O–H groups in total. The van der Waals surface area contributed by atoms with E-state index in [9.17, 15) is 0 Å². The third-order valence-electron chi connectivity index (χ3n) is 5.23. The van der Waals surface area contributed by atoms with Gasteiger partial charge in [-0.15, -0.1) is 0 Å². The molecule has 3 rings (SSSR count).